The smallest absolute Gasteiger partial charge is 0.263 e. The standard InChI is InChI=1S/C20H23N3O3S3/c1-13(2)23(4)29(25,26)16-9-7-15(8-10-16)12-21-19(24)18-14(3)22-20(28-18)17-6-5-11-27-17/h5-11,13H,12H2,1-4H3,(H,21,24). The van der Waals surface area contributed by atoms with Gasteiger partial charge in [-0.2, -0.15) is 4.31 Å². The van der Waals surface area contributed by atoms with Gasteiger partial charge in [-0.3, -0.25) is 4.79 Å². The Kier molecular flexibility index (Phi) is 6.52. The van der Waals surface area contributed by atoms with Gasteiger partial charge in [-0.1, -0.05) is 18.2 Å². The highest BCUT2D eigenvalue weighted by molar-refractivity contribution is 7.89. The quantitative estimate of drug-likeness (QED) is 0.588. The molecular formula is C20H23N3O3S3. The van der Waals surface area contributed by atoms with Gasteiger partial charge in [-0.05, 0) is 49.9 Å². The summed E-state index contributed by atoms with van der Waals surface area (Å²) >= 11 is 2.97. The first-order valence-corrected chi connectivity index (χ1v) is 12.2. The highest BCUT2D eigenvalue weighted by Crippen LogP contribution is 2.31. The molecular weight excluding hydrogens is 426 g/mol. The van der Waals surface area contributed by atoms with Crippen molar-refractivity contribution in [2.24, 2.45) is 0 Å². The number of aromatic nitrogens is 1. The number of sulfonamides is 1. The number of thiophene rings is 1. The lowest BCUT2D eigenvalue weighted by atomic mass is 10.2. The Balaban J connectivity index is 1.67. The minimum absolute atomic E-state index is 0.124. The molecule has 154 valence electrons. The van der Waals surface area contributed by atoms with Gasteiger partial charge in [0.1, 0.15) is 9.88 Å². The topological polar surface area (TPSA) is 79.4 Å². The number of carbonyl (C=O) groups excluding carboxylic acids is 1. The lowest BCUT2D eigenvalue weighted by Crippen LogP contribution is -2.33. The van der Waals surface area contributed by atoms with Gasteiger partial charge in [0.2, 0.25) is 10.0 Å². The number of aryl methyl sites for hydroxylation is 1. The number of nitrogens with one attached hydrogen (secondary N) is 1. The Morgan fingerprint density at radius 3 is 2.48 bits per heavy atom. The predicted octanol–water partition coefficient (Wildman–Crippen LogP) is 4.14. The summed E-state index contributed by atoms with van der Waals surface area (Å²) in [5.41, 5.74) is 1.53. The summed E-state index contributed by atoms with van der Waals surface area (Å²) in [6.07, 6.45) is 0. The van der Waals surface area contributed by atoms with Crippen molar-refractivity contribution in [3.8, 4) is 9.88 Å². The highest BCUT2D eigenvalue weighted by atomic mass is 32.2. The monoisotopic (exact) mass is 449 g/mol. The van der Waals surface area contributed by atoms with E-state index in [2.05, 4.69) is 10.3 Å². The molecule has 0 spiro atoms. The summed E-state index contributed by atoms with van der Waals surface area (Å²) < 4.78 is 26.4. The number of rotatable bonds is 7. The number of carbonyl (C=O) groups is 1. The largest absolute Gasteiger partial charge is 0.347 e. The average Bonchev–Trinajstić information content (AvgIpc) is 3.35. The molecule has 0 unspecified atom stereocenters. The molecule has 0 aliphatic heterocycles. The maximum atomic E-state index is 12.6. The zero-order valence-corrected chi connectivity index (χ0v) is 19.1. The number of nitrogens with zero attached hydrogens (tertiary/aromatic N) is 2. The van der Waals surface area contributed by atoms with E-state index in [9.17, 15) is 13.2 Å². The third kappa shape index (κ3) is 4.75. The van der Waals surface area contributed by atoms with Crippen molar-refractivity contribution in [1.82, 2.24) is 14.6 Å². The van der Waals surface area contributed by atoms with Crippen molar-refractivity contribution >= 4 is 38.6 Å². The maximum absolute atomic E-state index is 12.6. The van der Waals surface area contributed by atoms with Crippen molar-refractivity contribution in [3.63, 3.8) is 0 Å². The summed E-state index contributed by atoms with van der Waals surface area (Å²) in [6, 6.07) is 10.4. The van der Waals surface area contributed by atoms with E-state index < -0.39 is 10.0 Å². The van der Waals surface area contributed by atoms with Crippen molar-refractivity contribution in [2.45, 2.75) is 38.3 Å². The molecule has 0 atom stereocenters. The molecule has 0 aliphatic carbocycles. The molecule has 0 fully saturated rings. The fraction of sp³-hybridized carbons (Fsp3) is 0.300. The normalized spacial score (nSPS) is 11.9. The Hall–Kier alpha value is -2.07. The molecule has 0 bridgehead atoms. The Labute approximate surface area is 179 Å². The molecule has 2 heterocycles. The molecule has 1 amide bonds. The van der Waals surface area contributed by atoms with Crippen LogP contribution in [0, 0.1) is 6.92 Å². The van der Waals surface area contributed by atoms with Crippen molar-refractivity contribution in [3.05, 3.63) is 57.9 Å². The van der Waals surface area contributed by atoms with Crippen LogP contribution in [-0.4, -0.2) is 36.7 Å². The number of benzene rings is 1. The highest BCUT2D eigenvalue weighted by Gasteiger charge is 2.23. The second kappa shape index (κ2) is 8.74. The molecule has 0 aliphatic rings. The van der Waals surface area contributed by atoms with Gasteiger partial charge >= 0.3 is 0 Å². The predicted molar refractivity (Wildman–Crippen MR) is 118 cm³/mol. The fourth-order valence-electron chi connectivity index (χ4n) is 2.60. The van der Waals surface area contributed by atoms with Crippen molar-refractivity contribution < 1.29 is 13.2 Å². The maximum Gasteiger partial charge on any atom is 0.263 e. The molecule has 0 saturated carbocycles. The Morgan fingerprint density at radius 2 is 1.90 bits per heavy atom. The zero-order chi connectivity index (χ0) is 21.2. The second-order valence-electron chi connectivity index (χ2n) is 6.85. The molecule has 3 aromatic rings. The van der Waals surface area contributed by atoms with Gasteiger partial charge in [0.15, 0.2) is 0 Å². The number of hydrogen-bond donors (Lipinski definition) is 1. The first-order chi connectivity index (χ1) is 13.7. The van der Waals surface area contributed by atoms with E-state index in [0.717, 1.165) is 15.4 Å². The fourth-order valence-corrected chi connectivity index (χ4v) is 5.75. The molecule has 6 nitrogen and oxygen atoms in total. The van der Waals surface area contributed by atoms with Crippen LogP contribution in [0.2, 0.25) is 0 Å². The van der Waals surface area contributed by atoms with Crippen LogP contribution in [0.25, 0.3) is 9.88 Å². The van der Waals surface area contributed by atoms with Crippen LogP contribution < -0.4 is 5.32 Å². The first kappa shape index (κ1) is 21.6. The van der Waals surface area contributed by atoms with Crippen LogP contribution >= 0.6 is 22.7 Å². The summed E-state index contributed by atoms with van der Waals surface area (Å²) in [7, 11) is -1.95. The molecule has 1 aromatic carbocycles. The van der Waals surface area contributed by atoms with E-state index in [1.807, 2.05) is 38.3 Å². The van der Waals surface area contributed by atoms with Gasteiger partial charge < -0.3 is 5.32 Å². The molecule has 0 saturated heterocycles. The van der Waals surface area contributed by atoms with Crippen molar-refractivity contribution in [1.29, 1.82) is 0 Å². The SMILES string of the molecule is Cc1nc(-c2cccs2)sc1C(=O)NCc1ccc(S(=O)(=O)N(C)C(C)C)cc1. The average molecular weight is 450 g/mol. The van der Waals surface area contributed by atoms with Crippen LogP contribution in [0.4, 0.5) is 0 Å². The minimum Gasteiger partial charge on any atom is -0.347 e. The summed E-state index contributed by atoms with van der Waals surface area (Å²) in [4.78, 5) is 18.9. The third-order valence-corrected chi connectivity index (χ3v) is 8.76. The van der Waals surface area contributed by atoms with Crippen LogP contribution in [-0.2, 0) is 16.6 Å². The van der Waals surface area contributed by atoms with E-state index in [1.165, 1.54) is 15.6 Å². The molecule has 29 heavy (non-hydrogen) atoms. The number of thiazole rings is 1. The summed E-state index contributed by atoms with van der Waals surface area (Å²) in [5, 5.41) is 5.71. The van der Waals surface area contributed by atoms with Crippen LogP contribution in [0.15, 0.2) is 46.7 Å². The van der Waals surface area contributed by atoms with Gasteiger partial charge in [0.25, 0.3) is 5.91 Å². The summed E-state index contributed by atoms with van der Waals surface area (Å²) in [5.74, 6) is -0.181. The van der Waals surface area contributed by atoms with E-state index in [1.54, 1.807) is 42.6 Å². The lowest BCUT2D eigenvalue weighted by Gasteiger charge is -2.21. The van der Waals surface area contributed by atoms with E-state index in [4.69, 9.17) is 0 Å². The number of amides is 1. The lowest BCUT2D eigenvalue weighted by molar-refractivity contribution is 0.0954. The molecule has 9 heteroatoms. The van der Waals surface area contributed by atoms with Gasteiger partial charge in [-0.15, -0.1) is 22.7 Å². The number of hydrogen-bond acceptors (Lipinski definition) is 6. The molecule has 3 rings (SSSR count). The third-order valence-electron chi connectivity index (χ3n) is 4.52. The second-order valence-corrected chi connectivity index (χ2v) is 10.8. The van der Waals surface area contributed by atoms with Gasteiger partial charge in [0, 0.05) is 19.6 Å². The van der Waals surface area contributed by atoms with Gasteiger partial charge in [0.05, 0.1) is 15.5 Å². The van der Waals surface area contributed by atoms with Gasteiger partial charge in [-0.25, -0.2) is 13.4 Å². The minimum atomic E-state index is -3.51. The molecule has 1 N–H and O–H groups in total. The van der Waals surface area contributed by atoms with Crippen LogP contribution in [0.3, 0.4) is 0 Å². The first-order valence-electron chi connectivity index (χ1n) is 9.06. The molecule has 2 aromatic heterocycles. The van der Waals surface area contributed by atoms with E-state index in [0.29, 0.717) is 17.1 Å². The Morgan fingerprint density at radius 1 is 1.21 bits per heavy atom. The van der Waals surface area contributed by atoms with Crippen LogP contribution in [0.1, 0.15) is 34.8 Å². The zero-order valence-electron chi connectivity index (χ0n) is 16.7. The van der Waals surface area contributed by atoms with Crippen LogP contribution in [0.5, 0.6) is 0 Å². The van der Waals surface area contributed by atoms with E-state index in [-0.39, 0.29) is 16.8 Å². The molecule has 0 radical (unpaired) electrons. The summed E-state index contributed by atoms with van der Waals surface area (Å²) in [6.45, 7) is 5.79. The van der Waals surface area contributed by atoms with E-state index >= 15 is 0 Å². The Bertz CT molecular complexity index is 1090. The van der Waals surface area contributed by atoms with Crippen molar-refractivity contribution in [2.75, 3.05) is 7.05 Å².